The Morgan fingerprint density at radius 2 is 1.82 bits per heavy atom. The second-order valence-corrected chi connectivity index (χ2v) is 4.12. The maximum Gasteiger partial charge on any atom is 0.141 e. The maximum atomic E-state index is 4.19. The van der Waals surface area contributed by atoms with Crippen molar-refractivity contribution in [1.82, 2.24) is 15.3 Å². The van der Waals surface area contributed by atoms with Crippen LogP contribution in [0.25, 0.3) is 0 Å². The van der Waals surface area contributed by atoms with E-state index in [1.165, 1.54) is 11.1 Å². The molecule has 88 valence electrons. The summed E-state index contributed by atoms with van der Waals surface area (Å²) in [6, 6.07) is 10.5. The van der Waals surface area contributed by atoms with Crippen LogP contribution in [-0.2, 0) is 6.54 Å². The van der Waals surface area contributed by atoms with Gasteiger partial charge in [0.15, 0.2) is 0 Å². The van der Waals surface area contributed by atoms with Gasteiger partial charge in [-0.15, -0.1) is 0 Å². The van der Waals surface area contributed by atoms with Crippen LogP contribution in [0.3, 0.4) is 0 Å². The van der Waals surface area contributed by atoms with Crippen LogP contribution in [0.4, 0.5) is 0 Å². The minimum absolute atomic E-state index is 0.306. The normalized spacial score (nSPS) is 12.4. The van der Waals surface area contributed by atoms with E-state index in [2.05, 4.69) is 53.4 Å². The van der Waals surface area contributed by atoms with Crippen molar-refractivity contribution in [3.63, 3.8) is 0 Å². The third-order valence-electron chi connectivity index (χ3n) is 2.84. The van der Waals surface area contributed by atoms with Crippen LogP contribution in [0.5, 0.6) is 0 Å². The SMILES string of the molecule is Cc1ccccc1[C@H](C)NCc1ncccn1. The zero-order valence-corrected chi connectivity index (χ0v) is 10.2. The van der Waals surface area contributed by atoms with E-state index in [1.807, 2.05) is 6.07 Å². The first-order valence-corrected chi connectivity index (χ1v) is 5.82. The summed E-state index contributed by atoms with van der Waals surface area (Å²) < 4.78 is 0. The lowest BCUT2D eigenvalue weighted by Crippen LogP contribution is -2.20. The van der Waals surface area contributed by atoms with Crippen LogP contribution in [0.15, 0.2) is 42.7 Å². The molecule has 0 spiro atoms. The highest BCUT2D eigenvalue weighted by Gasteiger charge is 2.07. The van der Waals surface area contributed by atoms with E-state index in [0.717, 1.165) is 5.82 Å². The molecule has 1 heterocycles. The fourth-order valence-electron chi connectivity index (χ4n) is 1.85. The molecule has 0 bridgehead atoms. The van der Waals surface area contributed by atoms with Crippen LogP contribution >= 0.6 is 0 Å². The Balaban J connectivity index is 1.99. The molecule has 1 aromatic heterocycles. The molecule has 1 N–H and O–H groups in total. The first-order chi connectivity index (χ1) is 8.27. The summed E-state index contributed by atoms with van der Waals surface area (Å²) in [5, 5.41) is 3.43. The molecule has 1 atom stereocenters. The highest BCUT2D eigenvalue weighted by Crippen LogP contribution is 2.16. The minimum atomic E-state index is 0.306. The fraction of sp³-hybridized carbons (Fsp3) is 0.286. The lowest BCUT2D eigenvalue weighted by atomic mass is 10.0. The van der Waals surface area contributed by atoms with Crippen molar-refractivity contribution in [2.45, 2.75) is 26.4 Å². The number of hydrogen-bond acceptors (Lipinski definition) is 3. The van der Waals surface area contributed by atoms with Gasteiger partial charge in [0.25, 0.3) is 0 Å². The largest absolute Gasteiger partial charge is 0.303 e. The van der Waals surface area contributed by atoms with E-state index in [1.54, 1.807) is 12.4 Å². The molecule has 3 nitrogen and oxygen atoms in total. The van der Waals surface area contributed by atoms with E-state index in [0.29, 0.717) is 12.6 Å². The topological polar surface area (TPSA) is 37.8 Å². The second-order valence-electron chi connectivity index (χ2n) is 4.12. The number of hydrogen-bond donors (Lipinski definition) is 1. The van der Waals surface area contributed by atoms with Gasteiger partial charge >= 0.3 is 0 Å². The van der Waals surface area contributed by atoms with E-state index in [9.17, 15) is 0 Å². The Kier molecular flexibility index (Phi) is 3.83. The van der Waals surface area contributed by atoms with Gasteiger partial charge in [0.1, 0.15) is 5.82 Å². The summed E-state index contributed by atoms with van der Waals surface area (Å²) in [6.07, 6.45) is 3.53. The molecule has 0 saturated carbocycles. The van der Waals surface area contributed by atoms with Crippen molar-refractivity contribution in [3.8, 4) is 0 Å². The smallest absolute Gasteiger partial charge is 0.141 e. The van der Waals surface area contributed by atoms with E-state index >= 15 is 0 Å². The van der Waals surface area contributed by atoms with Gasteiger partial charge in [0, 0.05) is 18.4 Å². The summed E-state index contributed by atoms with van der Waals surface area (Å²) in [5.74, 6) is 0.827. The van der Waals surface area contributed by atoms with Gasteiger partial charge in [0.05, 0.1) is 6.54 Å². The van der Waals surface area contributed by atoms with Crippen molar-refractivity contribution in [1.29, 1.82) is 0 Å². The molecule has 2 rings (SSSR count). The molecule has 0 unspecified atom stereocenters. The Hall–Kier alpha value is -1.74. The molecule has 0 aliphatic rings. The van der Waals surface area contributed by atoms with Crippen LogP contribution in [0, 0.1) is 6.92 Å². The molecular weight excluding hydrogens is 210 g/mol. The number of nitrogens with one attached hydrogen (secondary N) is 1. The van der Waals surface area contributed by atoms with Gasteiger partial charge < -0.3 is 5.32 Å². The predicted molar refractivity (Wildman–Crippen MR) is 68.5 cm³/mol. The zero-order valence-electron chi connectivity index (χ0n) is 10.2. The van der Waals surface area contributed by atoms with Crippen LogP contribution in [0.2, 0.25) is 0 Å². The molecule has 0 radical (unpaired) electrons. The number of benzene rings is 1. The van der Waals surface area contributed by atoms with E-state index < -0.39 is 0 Å². The molecule has 0 saturated heterocycles. The first kappa shape index (κ1) is 11.7. The van der Waals surface area contributed by atoms with Crippen molar-refractivity contribution in [2.24, 2.45) is 0 Å². The first-order valence-electron chi connectivity index (χ1n) is 5.82. The lowest BCUT2D eigenvalue weighted by Gasteiger charge is -2.15. The molecular formula is C14H17N3. The minimum Gasteiger partial charge on any atom is -0.303 e. The lowest BCUT2D eigenvalue weighted by molar-refractivity contribution is 0.557. The van der Waals surface area contributed by atoms with Crippen molar-refractivity contribution in [3.05, 3.63) is 59.7 Å². The maximum absolute atomic E-state index is 4.19. The van der Waals surface area contributed by atoms with Crippen LogP contribution < -0.4 is 5.32 Å². The number of aromatic nitrogens is 2. The quantitative estimate of drug-likeness (QED) is 0.872. The third-order valence-corrected chi connectivity index (χ3v) is 2.84. The molecule has 0 amide bonds. The van der Waals surface area contributed by atoms with Gasteiger partial charge in [-0.3, -0.25) is 0 Å². The number of rotatable bonds is 4. The second kappa shape index (κ2) is 5.55. The molecule has 0 fully saturated rings. The standard InChI is InChI=1S/C14H17N3/c1-11-6-3-4-7-13(11)12(2)17-10-14-15-8-5-9-16-14/h3-9,12,17H,10H2,1-2H3/t12-/m0/s1. The molecule has 17 heavy (non-hydrogen) atoms. The van der Waals surface area contributed by atoms with Crippen molar-refractivity contribution in [2.75, 3.05) is 0 Å². The van der Waals surface area contributed by atoms with E-state index in [-0.39, 0.29) is 0 Å². The number of nitrogens with zero attached hydrogens (tertiary/aromatic N) is 2. The Morgan fingerprint density at radius 3 is 2.53 bits per heavy atom. The van der Waals surface area contributed by atoms with Crippen LogP contribution in [0.1, 0.15) is 29.9 Å². The van der Waals surface area contributed by atoms with Crippen LogP contribution in [-0.4, -0.2) is 9.97 Å². The van der Waals surface area contributed by atoms with Gasteiger partial charge in [-0.25, -0.2) is 9.97 Å². The Bertz CT molecular complexity index is 468. The molecule has 1 aromatic carbocycles. The highest BCUT2D eigenvalue weighted by molar-refractivity contribution is 5.28. The number of aryl methyl sites for hydroxylation is 1. The summed E-state index contributed by atoms with van der Waals surface area (Å²) in [4.78, 5) is 8.39. The van der Waals surface area contributed by atoms with Gasteiger partial charge in [-0.2, -0.15) is 0 Å². The fourth-order valence-corrected chi connectivity index (χ4v) is 1.85. The molecule has 0 aliphatic heterocycles. The Labute approximate surface area is 102 Å². The monoisotopic (exact) mass is 227 g/mol. The van der Waals surface area contributed by atoms with Gasteiger partial charge in [0.2, 0.25) is 0 Å². The van der Waals surface area contributed by atoms with Crippen molar-refractivity contribution >= 4 is 0 Å². The van der Waals surface area contributed by atoms with Crippen molar-refractivity contribution < 1.29 is 0 Å². The van der Waals surface area contributed by atoms with Gasteiger partial charge in [-0.05, 0) is 31.0 Å². The third kappa shape index (κ3) is 3.11. The molecule has 3 heteroatoms. The predicted octanol–water partition coefficient (Wildman–Crippen LogP) is 2.64. The summed E-state index contributed by atoms with van der Waals surface area (Å²) in [7, 11) is 0. The summed E-state index contributed by atoms with van der Waals surface area (Å²) in [6.45, 7) is 4.98. The molecule has 0 aliphatic carbocycles. The average molecular weight is 227 g/mol. The Morgan fingerprint density at radius 1 is 1.12 bits per heavy atom. The van der Waals surface area contributed by atoms with E-state index in [4.69, 9.17) is 0 Å². The molecule has 2 aromatic rings. The summed E-state index contributed by atoms with van der Waals surface area (Å²) in [5.41, 5.74) is 2.63. The zero-order chi connectivity index (χ0) is 12.1. The average Bonchev–Trinajstić information content (AvgIpc) is 2.38. The van der Waals surface area contributed by atoms with Gasteiger partial charge in [-0.1, -0.05) is 24.3 Å². The highest BCUT2D eigenvalue weighted by atomic mass is 15.0. The summed E-state index contributed by atoms with van der Waals surface area (Å²) >= 11 is 0.